The van der Waals surface area contributed by atoms with Gasteiger partial charge in [-0.2, -0.15) is 13.2 Å². The van der Waals surface area contributed by atoms with Crippen molar-refractivity contribution in [3.63, 3.8) is 0 Å². The molecule has 1 aliphatic rings. The van der Waals surface area contributed by atoms with Crippen molar-refractivity contribution in [1.82, 2.24) is 4.90 Å². The van der Waals surface area contributed by atoms with Crippen LogP contribution in [-0.4, -0.2) is 29.9 Å². The fourth-order valence-corrected chi connectivity index (χ4v) is 2.37. The largest absolute Gasteiger partial charge is 0.416 e. The summed E-state index contributed by atoms with van der Waals surface area (Å²) >= 11 is 0. The van der Waals surface area contributed by atoms with Gasteiger partial charge in [0.25, 0.3) is 0 Å². The fraction of sp³-hybridized carbons (Fsp3) is 0.429. The Morgan fingerprint density at radius 3 is 2.68 bits per heavy atom. The summed E-state index contributed by atoms with van der Waals surface area (Å²) in [6.07, 6.45) is -3.23. The van der Waals surface area contributed by atoms with Gasteiger partial charge in [0.2, 0.25) is 5.91 Å². The van der Waals surface area contributed by atoms with Crippen LogP contribution >= 0.6 is 0 Å². The molecular formula is C14H16F3N3O2. The molecule has 1 fully saturated rings. The van der Waals surface area contributed by atoms with E-state index in [0.717, 1.165) is 12.1 Å². The number of halogens is 3. The van der Waals surface area contributed by atoms with Gasteiger partial charge in [-0.1, -0.05) is 6.07 Å². The number of nitrogens with one attached hydrogen (secondary N) is 1. The van der Waals surface area contributed by atoms with Crippen molar-refractivity contribution in [2.45, 2.75) is 19.0 Å². The summed E-state index contributed by atoms with van der Waals surface area (Å²) in [4.78, 5) is 24.6. The molecule has 8 heteroatoms. The smallest absolute Gasteiger partial charge is 0.369 e. The van der Waals surface area contributed by atoms with Crippen molar-refractivity contribution in [3.05, 3.63) is 29.8 Å². The molecule has 3 N–H and O–H groups in total. The number of hydrogen-bond donors (Lipinski definition) is 2. The number of hydrogen-bond acceptors (Lipinski definition) is 2. The van der Waals surface area contributed by atoms with Crippen molar-refractivity contribution in [3.8, 4) is 0 Å². The van der Waals surface area contributed by atoms with Crippen LogP contribution in [0.2, 0.25) is 0 Å². The van der Waals surface area contributed by atoms with Crippen LogP contribution in [0, 0.1) is 5.92 Å². The lowest BCUT2D eigenvalue weighted by Gasteiger charge is -2.31. The molecule has 0 aromatic heterocycles. The van der Waals surface area contributed by atoms with E-state index in [9.17, 15) is 22.8 Å². The SMILES string of the molecule is NC(=O)[C@H]1CCCN(C(=O)Nc2cccc(C(F)(F)F)c2)C1. The van der Waals surface area contributed by atoms with Crippen molar-refractivity contribution >= 4 is 17.6 Å². The molecule has 5 nitrogen and oxygen atoms in total. The highest BCUT2D eigenvalue weighted by molar-refractivity contribution is 5.90. The number of likely N-dealkylation sites (tertiary alicyclic amines) is 1. The molecule has 3 amide bonds. The molecule has 120 valence electrons. The first-order valence-corrected chi connectivity index (χ1v) is 6.80. The minimum absolute atomic E-state index is 0.0565. The van der Waals surface area contributed by atoms with E-state index in [1.54, 1.807) is 0 Å². The molecule has 1 aromatic rings. The molecule has 0 unspecified atom stereocenters. The third-order valence-electron chi connectivity index (χ3n) is 3.55. The molecule has 0 bridgehead atoms. The predicted molar refractivity (Wildman–Crippen MR) is 74.0 cm³/mol. The molecule has 0 spiro atoms. The summed E-state index contributed by atoms with van der Waals surface area (Å²) in [6, 6.07) is 3.86. The average molecular weight is 315 g/mol. The summed E-state index contributed by atoms with van der Waals surface area (Å²) < 4.78 is 37.9. The number of carbonyl (C=O) groups is 2. The van der Waals surface area contributed by atoms with Crippen molar-refractivity contribution in [1.29, 1.82) is 0 Å². The third kappa shape index (κ3) is 3.90. The second kappa shape index (κ2) is 6.25. The second-order valence-electron chi connectivity index (χ2n) is 5.20. The van der Waals surface area contributed by atoms with Gasteiger partial charge < -0.3 is 16.0 Å². The first-order valence-electron chi connectivity index (χ1n) is 6.80. The zero-order valence-electron chi connectivity index (χ0n) is 11.7. The number of alkyl halides is 3. The molecule has 1 saturated heterocycles. The third-order valence-corrected chi connectivity index (χ3v) is 3.55. The van der Waals surface area contributed by atoms with Gasteiger partial charge in [0.1, 0.15) is 0 Å². The van der Waals surface area contributed by atoms with E-state index in [1.165, 1.54) is 17.0 Å². The number of urea groups is 1. The Bertz CT molecular complexity index is 575. The number of nitrogens with two attached hydrogens (primary N) is 1. The van der Waals surface area contributed by atoms with Crippen molar-refractivity contribution in [2.24, 2.45) is 11.7 Å². The summed E-state index contributed by atoms with van der Waals surface area (Å²) in [7, 11) is 0. The fourth-order valence-electron chi connectivity index (χ4n) is 2.37. The summed E-state index contributed by atoms with van der Waals surface area (Å²) in [5.41, 5.74) is 4.45. The van der Waals surface area contributed by atoms with Gasteiger partial charge in [-0.3, -0.25) is 4.79 Å². The molecule has 1 atom stereocenters. The molecule has 0 radical (unpaired) electrons. The van der Waals surface area contributed by atoms with Crippen molar-refractivity contribution < 1.29 is 22.8 Å². The molecule has 2 rings (SSSR count). The Hall–Kier alpha value is -2.25. The van der Waals surface area contributed by atoms with E-state index >= 15 is 0 Å². The normalized spacial score (nSPS) is 18.9. The number of carbonyl (C=O) groups excluding carboxylic acids is 2. The van der Waals surface area contributed by atoms with E-state index in [0.29, 0.717) is 19.4 Å². The molecule has 1 aromatic carbocycles. The standard InChI is InChI=1S/C14H16F3N3O2/c15-14(16,17)10-4-1-5-11(7-10)19-13(22)20-6-2-3-9(8-20)12(18)21/h1,4-5,7,9H,2-3,6,8H2,(H2,18,21)(H,19,22)/t9-/m0/s1. The van der Waals surface area contributed by atoms with Crippen LogP contribution in [-0.2, 0) is 11.0 Å². The zero-order chi connectivity index (χ0) is 16.3. The van der Waals surface area contributed by atoms with Crippen LogP contribution in [0.4, 0.5) is 23.7 Å². The van der Waals surface area contributed by atoms with Crippen LogP contribution in [0.1, 0.15) is 18.4 Å². The number of piperidine rings is 1. The van der Waals surface area contributed by atoms with Crippen LogP contribution in [0.5, 0.6) is 0 Å². The Kier molecular flexibility index (Phi) is 4.58. The highest BCUT2D eigenvalue weighted by Gasteiger charge is 2.31. The Balaban J connectivity index is 2.04. The average Bonchev–Trinajstić information content (AvgIpc) is 2.46. The highest BCUT2D eigenvalue weighted by Crippen LogP contribution is 2.30. The van der Waals surface area contributed by atoms with Gasteiger partial charge in [0.15, 0.2) is 0 Å². The maximum atomic E-state index is 12.6. The van der Waals surface area contributed by atoms with E-state index < -0.39 is 29.6 Å². The van der Waals surface area contributed by atoms with Crippen LogP contribution in [0.3, 0.4) is 0 Å². The number of amides is 3. The number of anilines is 1. The van der Waals surface area contributed by atoms with E-state index in [-0.39, 0.29) is 12.2 Å². The van der Waals surface area contributed by atoms with Crippen LogP contribution in [0.25, 0.3) is 0 Å². The molecule has 0 saturated carbocycles. The number of rotatable bonds is 2. The molecule has 22 heavy (non-hydrogen) atoms. The maximum Gasteiger partial charge on any atom is 0.416 e. The van der Waals surface area contributed by atoms with E-state index in [4.69, 9.17) is 5.73 Å². The molecule has 1 aliphatic heterocycles. The Morgan fingerprint density at radius 1 is 1.32 bits per heavy atom. The number of benzene rings is 1. The summed E-state index contributed by atoms with van der Waals surface area (Å²) in [5.74, 6) is -0.891. The quantitative estimate of drug-likeness (QED) is 0.879. The molecule has 0 aliphatic carbocycles. The zero-order valence-corrected chi connectivity index (χ0v) is 11.7. The lowest BCUT2D eigenvalue weighted by Crippen LogP contribution is -2.45. The first-order chi connectivity index (χ1) is 10.3. The maximum absolute atomic E-state index is 12.6. The topological polar surface area (TPSA) is 75.4 Å². The summed E-state index contributed by atoms with van der Waals surface area (Å²) in [5, 5.41) is 2.42. The highest BCUT2D eigenvalue weighted by atomic mass is 19.4. The van der Waals surface area contributed by atoms with E-state index in [2.05, 4.69) is 5.32 Å². The lowest BCUT2D eigenvalue weighted by molar-refractivity contribution is -0.137. The van der Waals surface area contributed by atoms with E-state index in [1.807, 2.05) is 0 Å². The number of nitrogens with zero attached hydrogens (tertiary/aromatic N) is 1. The minimum Gasteiger partial charge on any atom is -0.369 e. The minimum atomic E-state index is -4.47. The van der Waals surface area contributed by atoms with Gasteiger partial charge >= 0.3 is 12.2 Å². The Labute approximate surface area is 125 Å². The van der Waals surface area contributed by atoms with Gasteiger partial charge in [-0.05, 0) is 31.0 Å². The van der Waals surface area contributed by atoms with Gasteiger partial charge in [-0.15, -0.1) is 0 Å². The Morgan fingerprint density at radius 2 is 2.05 bits per heavy atom. The van der Waals surface area contributed by atoms with Crippen LogP contribution in [0.15, 0.2) is 24.3 Å². The first kappa shape index (κ1) is 16.1. The van der Waals surface area contributed by atoms with Gasteiger partial charge in [-0.25, -0.2) is 4.79 Å². The lowest BCUT2D eigenvalue weighted by atomic mass is 9.98. The number of primary amides is 1. The predicted octanol–water partition coefficient (Wildman–Crippen LogP) is 2.43. The molecular weight excluding hydrogens is 299 g/mol. The van der Waals surface area contributed by atoms with Crippen LogP contribution < -0.4 is 11.1 Å². The summed E-state index contributed by atoms with van der Waals surface area (Å²) in [6.45, 7) is 0.620. The second-order valence-corrected chi connectivity index (χ2v) is 5.20. The van der Waals surface area contributed by atoms with Gasteiger partial charge in [0.05, 0.1) is 11.5 Å². The molecule has 1 heterocycles. The van der Waals surface area contributed by atoms with Gasteiger partial charge in [0, 0.05) is 18.8 Å². The monoisotopic (exact) mass is 315 g/mol. The van der Waals surface area contributed by atoms with Crippen molar-refractivity contribution in [2.75, 3.05) is 18.4 Å².